The maximum absolute atomic E-state index is 3.35. The van der Waals surface area contributed by atoms with Crippen LogP contribution in [-0.2, 0) is 0 Å². The van der Waals surface area contributed by atoms with Crippen LogP contribution in [-0.4, -0.2) is 87.2 Å². The topological polar surface area (TPSA) is 21.8 Å². The molecule has 2 heterocycles. The number of piperidine rings is 1. The molecule has 4 nitrogen and oxygen atoms in total. The van der Waals surface area contributed by atoms with Gasteiger partial charge >= 0.3 is 0 Å². The highest BCUT2D eigenvalue weighted by Gasteiger charge is 2.22. The molecule has 4 heteroatoms. The van der Waals surface area contributed by atoms with Crippen molar-refractivity contribution in [1.82, 2.24) is 20.0 Å². The van der Waals surface area contributed by atoms with Crippen LogP contribution in [0, 0.1) is 0 Å². The van der Waals surface area contributed by atoms with Crippen molar-refractivity contribution in [2.24, 2.45) is 0 Å². The third-order valence-electron chi connectivity index (χ3n) is 4.49. The van der Waals surface area contributed by atoms with Crippen LogP contribution in [0.25, 0.3) is 0 Å². The summed E-state index contributed by atoms with van der Waals surface area (Å²) in [5.74, 6) is 0. The molecule has 2 fully saturated rings. The summed E-state index contributed by atoms with van der Waals surface area (Å²) in [4.78, 5) is 7.77. The lowest BCUT2D eigenvalue weighted by Gasteiger charge is -2.38. The number of likely N-dealkylation sites (N-methyl/N-ethyl adjacent to an activating group) is 2. The summed E-state index contributed by atoms with van der Waals surface area (Å²) >= 11 is 0. The first kappa shape index (κ1) is 14.3. The van der Waals surface area contributed by atoms with E-state index in [0.29, 0.717) is 0 Å². The zero-order valence-corrected chi connectivity index (χ0v) is 12.2. The van der Waals surface area contributed by atoms with Crippen molar-refractivity contribution in [3.05, 3.63) is 0 Å². The Bertz CT molecular complexity index is 224. The van der Waals surface area contributed by atoms with E-state index in [9.17, 15) is 0 Å². The van der Waals surface area contributed by atoms with Gasteiger partial charge in [-0.05, 0) is 33.5 Å². The highest BCUT2D eigenvalue weighted by molar-refractivity contribution is 4.80. The molecular weight excluding hydrogens is 224 g/mol. The van der Waals surface area contributed by atoms with Gasteiger partial charge in [-0.2, -0.15) is 0 Å². The first-order chi connectivity index (χ1) is 8.79. The molecule has 0 aromatic carbocycles. The monoisotopic (exact) mass is 254 g/mol. The number of hydrogen-bond donors (Lipinski definition) is 1. The smallest absolute Gasteiger partial charge is 0.0221 e. The van der Waals surface area contributed by atoms with Gasteiger partial charge in [0.1, 0.15) is 0 Å². The number of nitrogens with one attached hydrogen (secondary N) is 1. The predicted molar refractivity (Wildman–Crippen MR) is 77.1 cm³/mol. The summed E-state index contributed by atoms with van der Waals surface area (Å²) in [6.07, 6.45) is 4.18. The molecule has 0 amide bonds. The average Bonchev–Trinajstić information content (AvgIpc) is 2.40. The lowest BCUT2D eigenvalue weighted by molar-refractivity contribution is 0.102. The Hall–Kier alpha value is -0.160. The fourth-order valence-electron chi connectivity index (χ4n) is 3.16. The van der Waals surface area contributed by atoms with Gasteiger partial charge in [0.2, 0.25) is 0 Å². The lowest BCUT2D eigenvalue weighted by Crippen LogP contribution is -2.50. The van der Waals surface area contributed by atoms with E-state index in [0.717, 1.165) is 12.6 Å². The van der Waals surface area contributed by atoms with Crippen LogP contribution in [0.5, 0.6) is 0 Å². The van der Waals surface area contributed by atoms with Gasteiger partial charge in [-0.15, -0.1) is 0 Å². The molecule has 1 unspecified atom stereocenters. The predicted octanol–water partition coefficient (Wildman–Crippen LogP) is 0.308. The second-order valence-corrected chi connectivity index (χ2v) is 5.89. The summed E-state index contributed by atoms with van der Waals surface area (Å²) in [5, 5.41) is 3.35. The van der Waals surface area contributed by atoms with Crippen molar-refractivity contribution in [3.8, 4) is 0 Å². The van der Waals surface area contributed by atoms with Crippen LogP contribution in [0.4, 0.5) is 0 Å². The Kier molecular flexibility index (Phi) is 5.89. The van der Waals surface area contributed by atoms with Crippen molar-refractivity contribution in [3.63, 3.8) is 0 Å². The summed E-state index contributed by atoms with van der Waals surface area (Å²) in [5.41, 5.74) is 0. The fraction of sp³-hybridized carbons (Fsp3) is 1.00. The van der Waals surface area contributed by atoms with E-state index in [-0.39, 0.29) is 0 Å². The van der Waals surface area contributed by atoms with E-state index in [4.69, 9.17) is 0 Å². The zero-order valence-electron chi connectivity index (χ0n) is 12.2. The second-order valence-electron chi connectivity index (χ2n) is 5.89. The second kappa shape index (κ2) is 7.43. The Morgan fingerprint density at radius 3 is 2.50 bits per heavy atom. The summed E-state index contributed by atoms with van der Waals surface area (Å²) < 4.78 is 0. The molecule has 2 saturated heterocycles. The van der Waals surface area contributed by atoms with E-state index in [1.807, 2.05) is 0 Å². The quantitative estimate of drug-likeness (QED) is 0.762. The average molecular weight is 254 g/mol. The fourth-order valence-corrected chi connectivity index (χ4v) is 3.16. The van der Waals surface area contributed by atoms with Gasteiger partial charge in [0.05, 0.1) is 0 Å². The number of nitrogens with zero attached hydrogens (tertiary/aromatic N) is 3. The van der Waals surface area contributed by atoms with Crippen molar-refractivity contribution in [1.29, 1.82) is 0 Å². The molecule has 18 heavy (non-hydrogen) atoms. The minimum Gasteiger partial charge on any atom is -0.318 e. The van der Waals surface area contributed by atoms with Crippen LogP contribution in [0.2, 0.25) is 0 Å². The third kappa shape index (κ3) is 4.19. The number of rotatable bonds is 5. The van der Waals surface area contributed by atoms with Gasteiger partial charge in [0.25, 0.3) is 0 Å². The van der Waals surface area contributed by atoms with E-state index < -0.39 is 0 Å². The first-order valence-electron chi connectivity index (χ1n) is 7.59. The van der Waals surface area contributed by atoms with Gasteiger partial charge in [0, 0.05) is 51.9 Å². The van der Waals surface area contributed by atoms with E-state index >= 15 is 0 Å². The molecule has 0 aliphatic carbocycles. The molecule has 2 aliphatic heterocycles. The van der Waals surface area contributed by atoms with Crippen molar-refractivity contribution < 1.29 is 0 Å². The molecular formula is C14H30N4. The summed E-state index contributed by atoms with van der Waals surface area (Å²) in [6.45, 7) is 9.95. The maximum Gasteiger partial charge on any atom is 0.0221 e. The number of piperazine rings is 1. The highest BCUT2D eigenvalue weighted by atomic mass is 15.3. The Balaban J connectivity index is 1.70. The zero-order chi connectivity index (χ0) is 12.8. The van der Waals surface area contributed by atoms with Gasteiger partial charge < -0.3 is 10.2 Å². The molecule has 1 N–H and O–H groups in total. The number of hydrogen-bond acceptors (Lipinski definition) is 4. The van der Waals surface area contributed by atoms with E-state index in [2.05, 4.69) is 34.1 Å². The van der Waals surface area contributed by atoms with Crippen LogP contribution < -0.4 is 5.32 Å². The third-order valence-corrected chi connectivity index (χ3v) is 4.49. The lowest BCUT2D eigenvalue weighted by atomic mass is 10.0. The summed E-state index contributed by atoms with van der Waals surface area (Å²) in [7, 11) is 4.30. The molecule has 0 bridgehead atoms. The molecule has 106 valence electrons. The molecule has 0 saturated carbocycles. The molecule has 0 aromatic rings. The van der Waals surface area contributed by atoms with Gasteiger partial charge in [-0.1, -0.05) is 6.42 Å². The van der Waals surface area contributed by atoms with Crippen LogP contribution >= 0.6 is 0 Å². The molecule has 2 rings (SSSR count). The van der Waals surface area contributed by atoms with Crippen molar-refractivity contribution in [2.45, 2.75) is 25.3 Å². The molecule has 0 aromatic heterocycles. The van der Waals surface area contributed by atoms with Crippen molar-refractivity contribution in [2.75, 3.05) is 66.5 Å². The van der Waals surface area contributed by atoms with Gasteiger partial charge in [-0.3, -0.25) is 9.80 Å². The molecule has 2 aliphatic rings. The van der Waals surface area contributed by atoms with E-state index in [1.165, 1.54) is 65.1 Å². The molecule has 0 radical (unpaired) electrons. The maximum atomic E-state index is 3.35. The van der Waals surface area contributed by atoms with E-state index in [1.54, 1.807) is 0 Å². The van der Waals surface area contributed by atoms with Crippen LogP contribution in [0.1, 0.15) is 19.3 Å². The Labute approximate surface area is 112 Å². The van der Waals surface area contributed by atoms with Crippen LogP contribution in [0.3, 0.4) is 0 Å². The van der Waals surface area contributed by atoms with Gasteiger partial charge in [-0.25, -0.2) is 0 Å². The largest absolute Gasteiger partial charge is 0.318 e. The molecule has 1 atom stereocenters. The highest BCUT2D eigenvalue weighted by Crippen LogP contribution is 2.16. The Morgan fingerprint density at radius 2 is 1.78 bits per heavy atom. The van der Waals surface area contributed by atoms with Gasteiger partial charge in [0.15, 0.2) is 0 Å². The molecule has 0 spiro atoms. The van der Waals surface area contributed by atoms with Crippen LogP contribution in [0.15, 0.2) is 0 Å². The Morgan fingerprint density at radius 1 is 1.00 bits per heavy atom. The van der Waals surface area contributed by atoms with Crippen molar-refractivity contribution >= 4 is 0 Å². The SMILES string of the molecule is CNCC1CCCCN1CCN1CCN(C)CC1. The summed E-state index contributed by atoms with van der Waals surface area (Å²) in [6, 6.07) is 0.774. The minimum absolute atomic E-state index is 0.774. The normalized spacial score (nSPS) is 28.7. The first-order valence-corrected chi connectivity index (χ1v) is 7.59. The standard InChI is InChI=1S/C14H30N4/c1-15-13-14-5-3-4-6-18(14)12-11-17-9-7-16(2)8-10-17/h14-15H,3-13H2,1-2H3. The number of likely N-dealkylation sites (tertiary alicyclic amines) is 1. The minimum atomic E-state index is 0.774.